The molecule has 6 heteroatoms. The second-order valence-electron chi connectivity index (χ2n) is 4.49. The summed E-state index contributed by atoms with van der Waals surface area (Å²) in [6.07, 6.45) is 1.82. The van der Waals surface area contributed by atoms with Crippen LogP contribution in [0.25, 0.3) is 0 Å². The number of nitrogens with one attached hydrogen (secondary N) is 1. The van der Waals surface area contributed by atoms with Gasteiger partial charge in [-0.2, -0.15) is 0 Å². The summed E-state index contributed by atoms with van der Waals surface area (Å²) in [5.74, 6) is -0.492. The fourth-order valence-electron chi connectivity index (χ4n) is 1.91. The molecule has 0 aliphatic rings. The summed E-state index contributed by atoms with van der Waals surface area (Å²) in [5, 5.41) is 3.12. The van der Waals surface area contributed by atoms with Gasteiger partial charge in [-0.15, -0.1) is 0 Å². The second kappa shape index (κ2) is 6.47. The number of anilines is 1. The van der Waals surface area contributed by atoms with Crippen molar-refractivity contribution in [3.05, 3.63) is 47.3 Å². The summed E-state index contributed by atoms with van der Waals surface area (Å²) >= 11 is 0. The summed E-state index contributed by atoms with van der Waals surface area (Å²) in [6, 6.07) is 3.58. The molecular formula is C14H17F2N3O. The smallest absolute Gasteiger partial charge is 0.203 e. The van der Waals surface area contributed by atoms with Gasteiger partial charge < -0.3 is 14.6 Å². The molecule has 108 valence electrons. The van der Waals surface area contributed by atoms with E-state index in [1.54, 1.807) is 11.7 Å². The number of methoxy groups -OCH3 is 1. The monoisotopic (exact) mass is 281 g/mol. The molecule has 1 aromatic heterocycles. The Balaban J connectivity index is 2.15. The molecule has 0 aliphatic heterocycles. The van der Waals surface area contributed by atoms with Crippen molar-refractivity contribution in [1.82, 2.24) is 9.55 Å². The van der Waals surface area contributed by atoms with Crippen molar-refractivity contribution in [2.24, 2.45) is 0 Å². The molecule has 0 unspecified atom stereocenters. The van der Waals surface area contributed by atoms with Crippen molar-refractivity contribution in [1.29, 1.82) is 0 Å². The van der Waals surface area contributed by atoms with Gasteiger partial charge in [0.05, 0.1) is 18.8 Å². The number of hydrogen-bond donors (Lipinski definition) is 1. The van der Waals surface area contributed by atoms with E-state index in [0.29, 0.717) is 31.2 Å². The molecule has 2 aromatic rings. The topological polar surface area (TPSA) is 39.1 Å². The third-order valence-corrected chi connectivity index (χ3v) is 2.84. The van der Waals surface area contributed by atoms with Crippen LogP contribution >= 0.6 is 0 Å². The first-order chi connectivity index (χ1) is 9.60. The van der Waals surface area contributed by atoms with Crippen LogP contribution in [-0.4, -0.2) is 29.8 Å². The Kier molecular flexibility index (Phi) is 4.68. The van der Waals surface area contributed by atoms with Crippen molar-refractivity contribution >= 4 is 5.95 Å². The van der Waals surface area contributed by atoms with Crippen molar-refractivity contribution in [3.8, 4) is 0 Å². The van der Waals surface area contributed by atoms with E-state index < -0.39 is 11.6 Å². The van der Waals surface area contributed by atoms with Crippen molar-refractivity contribution in [2.45, 2.75) is 13.5 Å². The molecule has 0 amide bonds. The Morgan fingerprint density at radius 3 is 2.85 bits per heavy atom. The Morgan fingerprint density at radius 2 is 2.15 bits per heavy atom. The lowest BCUT2D eigenvalue weighted by Gasteiger charge is -2.10. The summed E-state index contributed by atoms with van der Waals surface area (Å²) < 4.78 is 33.3. The normalized spacial score (nSPS) is 10.8. The minimum atomic E-state index is -0.577. The predicted octanol–water partition coefficient (Wildman–Crippen LogP) is 2.58. The zero-order valence-corrected chi connectivity index (χ0v) is 11.5. The molecule has 0 atom stereocenters. The first kappa shape index (κ1) is 14.5. The largest absolute Gasteiger partial charge is 0.383 e. The van der Waals surface area contributed by atoms with Gasteiger partial charge in [-0.3, -0.25) is 0 Å². The van der Waals surface area contributed by atoms with Crippen LogP contribution in [-0.2, 0) is 11.3 Å². The van der Waals surface area contributed by atoms with E-state index in [1.807, 2.05) is 13.1 Å². The van der Waals surface area contributed by atoms with Gasteiger partial charge in [0.1, 0.15) is 11.6 Å². The van der Waals surface area contributed by atoms with Crippen molar-refractivity contribution in [2.75, 3.05) is 25.6 Å². The Bertz CT molecular complexity index is 584. The summed E-state index contributed by atoms with van der Waals surface area (Å²) in [5.41, 5.74) is 1.24. The molecule has 0 fully saturated rings. The number of imidazole rings is 1. The van der Waals surface area contributed by atoms with Gasteiger partial charge in [-0.1, -0.05) is 6.07 Å². The number of hydrogen-bond acceptors (Lipinski definition) is 3. The number of benzene rings is 1. The van der Waals surface area contributed by atoms with Gasteiger partial charge in [0.25, 0.3) is 0 Å². The first-order valence-electron chi connectivity index (χ1n) is 6.30. The molecule has 0 saturated carbocycles. The highest BCUT2D eigenvalue weighted by Gasteiger charge is 2.09. The number of aryl methyl sites for hydroxylation is 1. The number of nitrogens with zero attached hydrogens (tertiary/aromatic N) is 2. The number of aromatic nitrogens is 2. The fraction of sp³-hybridized carbons (Fsp3) is 0.357. The standard InChI is InChI=1S/C14H17F2N3O/c1-10-8-19(14(18-10)17-5-6-20-2)9-11-3-4-12(15)7-13(11)16/h3-4,7-8H,5-6,9H2,1-2H3,(H,17,18). The highest BCUT2D eigenvalue weighted by molar-refractivity contribution is 5.31. The maximum atomic E-state index is 13.7. The van der Waals surface area contributed by atoms with E-state index in [1.165, 1.54) is 12.1 Å². The Hall–Kier alpha value is -1.95. The maximum absolute atomic E-state index is 13.7. The molecule has 4 nitrogen and oxygen atoms in total. The van der Waals surface area contributed by atoms with Crippen molar-refractivity contribution in [3.63, 3.8) is 0 Å². The second-order valence-corrected chi connectivity index (χ2v) is 4.49. The van der Waals surface area contributed by atoms with Gasteiger partial charge >= 0.3 is 0 Å². The fourth-order valence-corrected chi connectivity index (χ4v) is 1.91. The van der Waals surface area contributed by atoms with Crippen LogP contribution < -0.4 is 5.32 Å². The molecular weight excluding hydrogens is 264 g/mol. The molecule has 0 saturated heterocycles. The molecule has 1 N–H and O–H groups in total. The van der Waals surface area contributed by atoms with Crippen LogP contribution in [0.1, 0.15) is 11.3 Å². The number of halogens is 2. The lowest BCUT2D eigenvalue weighted by atomic mass is 10.2. The Labute approximate surface area is 116 Å². The van der Waals surface area contributed by atoms with E-state index >= 15 is 0 Å². The van der Waals surface area contributed by atoms with Gasteiger partial charge in [-0.05, 0) is 13.0 Å². The van der Waals surface area contributed by atoms with E-state index in [2.05, 4.69) is 10.3 Å². The lowest BCUT2D eigenvalue weighted by molar-refractivity contribution is 0.210. The average molecular weight is 281 g/mol. The molecule has 1 aromatic carbocycles. The molecule has 0 aliphatic carbocycles. The van der Waals surface area contributed by atoms with E-state index in [-0.39, 0.29) is 0 Å². The van der Waals surface area contributed by atoms with E-state index in [0.717, 1.165) is 11.8 Å². The quantitative estimate of drug-likeness (QED) is 0.827. The van der Waals surface area contributed by atoms with Gasteiger partial charge in [0.15, 0.2) is 0 Å². The summed E-state index contributed by atoms with van der Waals surface area (Å²) in [7, 11) is 1.62. The predicted molar refractivity (Wildman–Crippen MR) is 72.8 cm³/mol. The third kappa shape index (κ3) is 3.54. The molecule has 0 radical (unpaired) electrons. The minimum Gasteiger partial charge on any atom is -0.383 e. The average Bonchev–Trinajstić information content (AvgIpc) is 2.73. The molecule has 0 bridgehead atoms. The zero-order chi connectivity index (χ0) is 14.5. The minimum absolute atomic E-state index is 0.294. The molecule has 1 heterocycles. The molecule has 0 spiro atoms. The number of rotatable bonds is 6. The molecule has 20 heavy (non-hydrogen) atoms. The summed E-state index contributed by atoms with van der Waals surface area (Å²) in [4.78, 5) is 4.33. The van der Waals surface area contributed by atoms with Crippen LogP contribution in [0.5, 0.6) is 0 Å². The van der Waals surface area contributed by atoms with E-state index in [4.69, 9.17) is 4.74 Å². The SMILES string of the molecule is COCCNc1nc(C)cn1Cc1ccc(F)cc1F. The summed E-state index contributed by atoms with van der Waals surface area (Å²) in [6.45, 7) is 3.32. The third-order valence-electron chi connectivity index (χ3n) is 2.84. The van der Waals surface area contributed by atoms with Crippen LogP contribution in [0.4, 0.5) is 14.7 Å². The van der Waals surface area contributed by atoms with Crippen molar-refractivity contribution < 1.29 is 13.5 Å². The highest BCUT2D eigenvalue weighted by Crippen LogP contribution is 2.15. The first-order valence-corrected chi connectivity index (χ1v) is 6.30. The van der Waals surface area contributed by atoms with Crippen LogP contribution in [0.15, 0.2) is 24.4 Å². The van der Waals surface area contributed by atoms with Crippen LogP contribution in [0, 0.1) is 18.6 Å². The highest BCUT2D eigenvalue weighted by atomic mass is 19.1. The van der Waals surface area contributed by atoms with Crippen LogP contribution in [0.2, 0.25) is 0 Å². The van der Waals surface area contributed by atoms with E-state index in [9.17, 15) is 8.78 Å². The van der Waals surface area contributed by atoms with Gasteiger partial charge in [0, 0.05) is 31.5 Å². The molecule has 2 rings (SSSR count). The Morgan fingerprint density at radius 1 is 1.35 bits per heavy atom. The lowest BCUT2D eigenvalue weighted by Crippen LogP contribution is -2.13. The van der Waals surface area contributed by atoms with Gasteiger partial charge in [-0.25, -0.2) is 13.8 Å². The van der Waals surface area contributed by atoms with Crippen LogP contribution in [0.3, 0.4) is 0 Å². The maximum Gasteiger partial charge on any atom is 0.203 e. The zero-order valence-electron chi connectivity index (χ0n) is 11.5. The van der Waals surface area contributed by atoms with Gasteiger partial charge in [0.2, 0.25) is 5.95 Å². The number of ether oxygens (including phenoxy) is 1.